The molecule has 0 unspecified atom stereocenters. The third-order valence-electron chi connectivity index (χ3n) is 4.33. The zero-order valence-corrected chi connectivity index (χ0v) is 16.2. The first-order chi connectivity index (χ1) is 11.8. The highest BCUT2D eigenvalue weighted by molar-refractivity contribution is 4.82. The second-order valence-corrected chi connectivity index (χ2v) is 6.80. The van der Waals surface area contributed by atoms with Crippen LogP contribution in [0.15, 0.2) is 24.5 Å². The fourth-order valence-corrected chi connectivity index (χ4v) is 2.75. The van der Waals surface area contributed by atoms with E-state index in [4.69, 9.17) is 9.84 Å². The summed E-state index contributed by atoms with van der Waals surface area (Å²) >= 11 is 0. The Morgan fingerprint density at radius 1 is 0.792 bits per heavy atom. The van der Waals surface area contributed by atoms with Gasteiger partial charge in [0.2, 0.25) is 0 Å². The average Bonchev–Trinajstić information content (AvgIpc) is 2.58. The Balaban J connectivity index is 3.16. The molecule has 0 atom stereocenters. The minimum atomic E-state index is 0.195. The Bertz CT molecular complexity index is 284. The monoisotopic (exact) mass is 338 g/mol. The fourth-order valence-electron chi connectivity index (χ4n) is 2.75. The standard InChI is InChI=1S/C22H42O2/c1-3-4-5-6-7-8-9-10-11-12-13-14-15-16-17-19-22(2)24-21-18-20-23/h10-11,23H,2-9,12-21H2,1H3/b11-10-. The van der Waals surface area contributed by atoms with E-state index in [9.17, 15) is 0 Å². The van der Waals surface area contributed by atoms with E-state index in [-0.39, 0.29) is 6.61 Å². The van der Waals surface area contributed by atoms with Crippen LogP contribution in [0, 0.1) is 0 Å². The molecule has 1 N–H and O–H groups in total. The summed E-state index contributed by atoms with van der Waals surface area (Å²) in [5.74, 6) is 0.876. The number of aliphatic hydroxyl groups excluding tert-OH is 1. The quantitative estimate of drug-likeness (QED) is 0.157. The van der Waals surface area contributed by atoms with Crippen molar-refractivity contribution in [3.05, 3.63) is 24.5 Å². The van der Waals surface area contributed by atoms with Gasteiger partial charge in [-0.15, -0.1) is 0 Å². The molecule has 0 heterocycles. The van der Waals surface area contributed by atoms with Gasteiger partial charge >= 0.3 is 0 Å². The molecule has 0 rings (SSSR count). The van der Waals surface area contributed by atoms with E-state index in [1.54, 1.807) is 0 Å². The molecule has 0 aliphatic heterocycles. The number of hydrogen-bond acceptors (Lipinski definition) is 2. The molecular weight excluding hydrogens is 296 g/mol. The second-order valence-electron chi connectivity index (χ2n) is 6.80. The zero-order chi connectivity index (χ0) is 17.7. The van der Waals surface area contributed by atoms with Crippen LogP contribution in [0.1, 0.15) is 103 Å². The van der Waals surface area contributed by atoms with Crippen molar-refractivity contribution in [1.29, 1.82) is 0 Å². The van der Waals surface area contributed by atoms with Crippen molar-refractivity contribution in [2.75, 3.05) is 13.2 Å². The van der Waals surface area contributed by atoms with E-state index in [2.05, 4.69) is 25.7 Å². The number of ether oxygens (including phenoxy) is 1. The molecule has 0 saturated heterocycles. The van der Waals surface area contributed by atoms with Crippen LogP contribution in [0.2, 0.25) is 0 Å². The SMILES string of the molecule is C=C(CCCCCCC/C=C\CCCCCCCC)OCCCO. The normalized spacial score (nSPS) is 11.2. The van der Waals surface area contributed by atoms with Gasteiger partial charge in [-0.05, 0) is 32.1 Å². The molecule has 0 aromatic carbocycles. The van der Waals surface area contributed by atoms with Gasteiger partial charge in [-0.3, -0.25) is 0 Å². The van der Waals surface area contributed by atoms with Gasteiger partial charge in [-0.1, -0.05) is 77.0 Å². The maximum Gasteiger partial charge on any atom is 0.0899 e. The third-order valence-corrected chi connectivity index (χ3v) is 4.33. The maximum atomic E-state index is 8.68. The summed E-state index contributed by atoms with van der Waals surface area (Å²) in [5, 5.41) is 8.68. The molecule has 0 aromatic heterocycles. The highest BCUT2D eigenvalue weighted by Crippen LogP contribution is 2.12. The summed E-state index contributed by atoms with van der Waals surface area (Å²) < 4.78 is 5.44. The molecule has 24 heavy (non-hydrogen) atoms. The van der Waals surface area contributed by atoms with E-state index in [1.165, 1.54) is 83.5 Å². The summed E-state index contributed by atoms with van der Waals surface area (Å²) in [6.45, 7) is 6.98. The first-order valence-electron chi connectivity index (χ1n) is 10.4. The van der Waals surface area contributed by atoms with Crippen molar-refractivity contribution in [2.45, 2.75) is 103 Å². The largest absolute Gasteiger partial charge is 0.498 e. The maximum absolute atomic E-state index is 8.68. The summed E-state index contributed by atoms with van der Waals surface area (Å²) in [6, 6.07) is 0. The Hall–Kier alpha value is -0.760. The van der Waals surface area contributed by atoms with Gasteiger partial charge in [0, 0.05) is 19.4 Å². The molecule has 0 aliphatic rings. The smallest absolute Gasteiger partial charge is 0.0899 e. The molecule has 2 nitrogen and oxygen atoms in total. The lowest BCUT2D eigenvalue weighted by atomic mass is 10.1. The van der Waals surface area contributed by atoms with Crippen LogP contribution in [0.5, 0.6) is 0 Å². The Morgan fingerprint density at radius 3 is 1.92 bits per heavy atom. The molecule has 142 valence electrons. The van der Waals surface area contributed by atoms with Crippen molar-refractivity contribution >= 4 is 0 Å². The van der Waals surface area contributed by atoms with Crippen molar-refractivity contribution < 1.29 is 9.84 Å². The molecule has 2 heteroatoms. The predicted octanol–water partition coefficient (Wildman–Crippen LogP) is 6.94. The van der Waals surface area contributed by atoms with Crippen molar-refractivity contribution in [3.8, 4) is 0 Å². The van der Waals surface area contributed by atoms with Crippen LogP contribution in [0.3, 0.4) is 0 Å². The van der Waals surface area contributed by atoms with Crippen LogP contribution in [0.25, 0.3) is 0 Å². The summed E-state index contributed by atoms with van der Waals surface area (Å²) in [5.41, 5.74) is 0. The van der Waals surface area contributed by atoms with E-state index in [0.29, 0.717) is 13.0 Å². The van der Waals surface area contributed by atoms with Crippen LogP contribution >= 0.6 is 0 Å². The summed E-state index contributed by atoms with van der Waals surface area (Å²) in [4.78, 5) is 0. The second kappa shape index (κ2) is 20.3. The Labute approximate surface area is 151 Å². The Kier molecular flexibility index (Phi) is 19.6. The Morgan fingerprint density at radius 2 is 1.33 bits per heavy atom. The minimum absolute atomic E-state index is 0.195. The topological polar surface area (TPSA) is 29.5 Å². The van der Waals surface area contributed by atoms with Gasteiger partial charge in [0.05, 0.1) is 12.4 Å². The third kappa shape index (κ3) is 19.3. The number of rotatable bonds is 19. The highest BCUT2D eigenvalue weighted by Gasteiger charge is 1.96. The van der Waals surface area contributed by atoms with Crippen LogP contribution < -0.4 is 0 Å². The van der Waals surface area contributed by atoms with Gasteiger partial charge < -0.3 is 9.84 Å². The molecule has 0 radical (unpaired) electrons. The average molecular weight is 339 g/mol. The van der Waals surface area contributed by atoms with Crippen LogP contribution in [-0.2, 0) is 4.74 Å². The van der Waals surface area contributed by atoms with Crippen LogP contribution in [-0.4, -0.2) is 18.3 Å². The first kappa shape index (κ1) is 23.2. The number of hydrogen-bond donors (Lipinski definition) is 1. The molecule has 0 saturated carbocycles. The molecule has 0 aromatic rings. The number of aliphatic hydroxyl groups is 1. The summed E-state index contributed by atoms with van der Waals surface area (Å²) in [6.07, 6.45) is 23.7. The number of allylic oxidation sites excluding steroid dienone is 3. The summed E-state index contributed by atoms with van der Waals surface area (Å²) in [7, 11) is 0. The fraction of sp³-hybridized carbons (Fsp3) is 0.818. The first-order valence-corrected chi connectivity index (χ1v) is 10.4. The van der Waals surface area contributed by atoms with Crippen molar-refractivity contribution in [3.63, 3.8) is 0 Å². The number of unbranched alkanes of at least 4 members (excludes halogenated alkanes) is 11. The lowest BCUT2D eigenvalue weighted by Crippen LogP contribution is -1.96. The van der Waals surface area contributed by atoms with Crippen LogP contribution in [0.4, 0.5) is 0 Å². The van der Waals surface area contributed by atoms with Gasteiger partial charge in [-0.25, -0.2) is 0 Å². The van der Waals surface area contributed by atoms with E-state index < -0.39 is 0 Å². The lowest BCUT2D eigenvalue weighted by Gasteiger charge is -2.08. The van der Waals surface area contributed by atoms with Gasteiger partial charge in [0.15, 0.2) is 0 Å². The van der Waals surface area contributed by atoms with Crippen molar-refractivity contribution in [1.82, 2.24) is 0 Å². The van der Waals surface area contributed by atoms with Gasteiger partial charge in [0.25, 0.3) is 0 Å². The highest BCUT2D eigenvalue weighted by atomic mass is 16.5. The van der Waals surface area contributed by atoms with Gasteiger partial charge in [0.1, 0.15) is 0 Å². The minimum Gasteiger partial charge on any atom is -0.498 e. The van der Waals surface area contributed by atoms with Gasteiger partial charge in [-0.2, -0.15) is 0 Å². The zero-order valence-electron chi connectivity index (χ0n) is 16.2. The predicted molar refractivity (Wildman–Crippen MR) is 106 cm³/mol. The molecule has 0 spiro atoms. The lowest BCUT2D eigenvalue weighted by molar-refractivity contribution is 0.169. The van der Waals surface area contributed by atoms with E-state index in [1.807, 2.05) is 0 Å². The van der Waals surface area contributed by atoms with Crippen molar-refractivity contribution in [2.24, 2.45) is 0 Å². The van der Waals surface area contributed by atoms with E-state index in [0.717, 1.165) is 12.2 Å². The van der Waals surface area contributed by atoms with E-state index >= 15 is 0 Å². The molecule has 0 bridgehead atoms. The molecule has 0 aliphatic carbocycles. The molecule has 0 fully saturated rings. The molecule has 0 amide bonds. The molecular formula is C22H42O2.